The van der Waals surface area contributed by atoms with Crippen LogP contribution in [0.3, 0.4) is 0 Å². The summed E-state index contributed by atoms with van der Waals surface area (Å²) in [5.41, 5.74) is 6.61. The standard InChI is InChI=1S/C14H16N2O2/c1-2-17-13-4-3-9-16-14(13)18-12-7-5-11(10-15)6-8-12/h3-9H,2,10,15H2,1H3. The number of ether oxygens (including phenoxy) is 2. The van der Waals surface area contributed by atoms with Crippen LogP contribution in [0, 0.1) is 0 Å². The normalized spacial score (nSPS) is 10.1. The highest BCUT2D eigenvalue weighted by atomic mass is 16.5. The second kappa shape index (κ2) is 6.02. The lowest BCUT2D eigenvalue weighted by molar-refractivity contribution is 0.316. The number of rotatable bonds is 5. The summed E-state index contributed by atoms with van der Waals surface area (Å²) in [6, 6.07) is 11.2. The first-order valence-electron chi connectivity index (χ1n) is 5.88. The maximum absolute atomic E-state index is 5.68. The summed E-state index contributed by atoms with van der Waals surface area (Å²) in [7, 11) is 0. The highest BCUT2D eigenvalue weighted by Gasteiger charge is 2.06. The van der Waals surface area contributed by atoms with Crippen molar-refractivity contribution < 1.29 is 9.47 Å². The number of nitrogens with zero attached hydrogens (tertiary/aromatic N) is 1. The van der Waals surface area contributed by atoms with Crippen LogP contribution in [0.4, 0.5) is 0 Å². The molecule has 0 atom stereocenters. The van der Waals surface area contributed by atoms with Crippen LogP contribution in [0.2, 0.25) is 0 Å². The number of hydrogen-bond donors (Lipinski definition) is 1. The molecule has 0 saturated carbocycles. The van der Waals surface area contributed by atoms with Crippen molar-refractivity contribution in [1.29, 1.82) is 0 Å². The van der Waals surface area contributed by atoms with Crippen LogP contribution in [0.1, 0.15) is 12.5 Å². The average Bonchev–Trinajstić information content (AvgIpc) is 2.42. The molecule has 1 heterocycles. The molecule has 0 aliphatic carbocycles. The predicted octanol–water partition coefficient (Wildman–Crippen LogP) is 2.73. The third-order valence-electron chi connectivity index (χ3n) is 2.41. The van der Waals surface area contributed by atoms with E-state index in [4.69, 9.17) is 15.2 Å². The van der Waals surface area contributed by atoms with E-state index in [1.54, 1.807) is 6.20 Å². The van der Waals surface area contributed by atoms with Crippen molar-refractivity contribution in [2.45, 2.75) is 13.5 Å². The van der Waals surface area contributed by atoms with Gasteiger partial charge in [-0.2, -0.15) is 0 Å². The van der Waals surface area contributed by atoms with E-state index < -0.39 is 0 Å². The van der Waals surface area contributed by atoms with Gasteiger partial charge in [0.25, 0.3) is 5.88 Å². The first kappa shape index (κ1) is 12.4. The first-order chi connectivity index (χ1) is 8.83. The second-order valence-electron chi connectivity index (χ2n) is 3.69. The molecule has 0 bridgehead atoms. The van der Waals surface area contributed by atoms with Crippen molar-refractivity contribution in [1.82, 2.24) is 4.98 Å². The van der Waals surface area contributed by atoms with Gasteiger partial charge in [0.1, 0.15) is 5.75 Å². The molecule has 4 heteroatoms. The SMILES string of the molecule is CCOc1cccnc1Oc1ccc(CN)cc1. The van der Waals surface area contributed by atoms with Crippen molar-refractivity contribution in [3.8, 4) is 17.4 Å². The minimum atomic E-state index is 0.472. The number of hydrogen-bond acceptors (Lipinski definition) is 4. The van der Waals surface area contributed by atoms with Crippen LogP contribution in [0.15, 0.2) is 42.6 Å². The van der Waals surface area contributed by atoms with Crippen LogP contribution >= 0.6 is 0 Å². The molecular weight excluding hydrogens is 228 g/mol. The van der Waals surface area contributed by atoms with Gasteiger partial charge >= 0.3 is 0 Å². The van der Waals surface area contributed by atoms with Gasteiger partial charge in [0, 0.05) is 12.7 Å². The summed E-state index contributed by atoms with van der Waals surface area (Å²) in [4.78, 5) is 4.16. The zero-order valence-corrected chi connectivity index (χ0v) is 10.3. The fourth-order valence-electron chi connectivity index (χ4n) is 1.52. The van der Waals surface area contributed by atoms with Gasteiger partial charge in [-0.3, -0.25) is 0 Å². The minimum Gasteiger partial charge on any atom is -0.488 e. The van der Waals surface area contributed by atoms with Crippen LogP contribution in [0.25, 0.3) is 0 Å². The smallest absolute Gasteiger partial charge is 0.262 e. The molecule has 94 valence electrons. The van der Waals surface area contributed by atoms with Gasteiger partial charge in [-0.15, -0.1) is 0 Å². The summed E-state index contributed by atoms with van der Waals surface area (Å²) in [5.74, 6) is 1.83. The molecule has 2 rings (SSSR count). The summed E-state index contributed by atoms with van der Waals surface area (Å²) in [6.45, 7) is 3.02. The molecule has 0 saturated heterocycles. The third kappa shape index (κ3) is 2.99. The molecule has 4 nitrogen and oxygen atoms in total. The Kier molecular flexibility index (Phi) is 4.15. The molecule has 1 aromatic carbocycles. The summed E-state index contributed by atoms with van der Waals surface area (Å²) < 4.78 is 11.1. The Morgan fingerprint density at radius 1 is 1.17 bits per heavy atom. The molecule has 0 spiro atoms. The van der Waals surface area contributed by atoms with Gasteiger partial charge < -0.3 is 15.2 Å². The van der Waals surface area contributed by atoms with Gasteiger partial charge in [0.05, 0.1) is 6.61 Å². The van der Waals surface area contributed by atoms with Gasteiger partial charge in [-0.05, 0) is 36.8 Å². The van der Waals surface area contributed by atoms with Crippen LogP contribution < -0.4 is 15.2 Å². The first-order valence-corrected chi connectivity index (χ1v) is 5.88. The van der Waals surface area contributed by atoms with Gasteiger partial charge in [-0.25, -0.2) is 4.98 Å². The van der Waals surface area contributed by atoms with E-state index in [9.17, 15) is 0 Å². The molecule has 1 aromatic heterocycles. The summed E-state index contributed by atoms with van der Waals surface area (Å²) in [6.07, 6.45) is 1.67. The lowest BCUT2D eigenvalue weighted by atomic mass is 10.2. The Labute approximate surface area is 106 Å². The van der Waals surface area contributed by atoms with E-state index >= 15 is 0 Å². The van der Waals surface area contributed by atoms with Crippen LogP contribution in [-0.4, -0.2) is 11.6 Å². The molecule has 0 unspecified atom stereocenters. The largest absolute Gasteiger partial charge is 0.488 e. The van der Waals surface area contributed by atoms with E-state index in [1.807, 2.05) is 43.3 Å². The summed E-state index contributed by atoms with van der Waals surface area (Å²) in [5, 5.41) is 0. The Hall–Kier alpha value is -2.07. The molecule has 0 fully saturated rings. The lowest BCUT2D eigenvalue weighted by Crippen LogP contribution is -1.97. The van der Waals surface area contributed by atoms with Gasteiger partial charge in [0.15, 0.2) is 5.75 Å². The molecule has 0 radical (unpaired) electrons. The van der Waals surface area contributed by atoms with E-state index in [2.05, 4.69) is 4.98 Å². The second-order valence-corrected chi connectivity index (χ2v) is 3.69. The Morgan fingerprint density at radius 2 is 1.94 bits per heavy atom. The quantitative estimate of drug-likeness (QED) is 0.878. The maximum atomic E-state index is 5.68. The fourth-order valence-corrected chi connectivity index (χ4v) is 1.52. The van der Waals surface area contributed by atoms with E-state index in [0.29, 0.717) is 30.5 Å². The Balaban J connectivity index is 2.17. The van der Waals surface area contributed by atoms with E-state index in [0.717, 1.165) is 5.56 Å². The molecule has 0 aliphatic heterocycles. The van der Waals surface area contributed by atoms with Crippen LogP contribution in [0.5, 0.6) is 17.4 Å². The third-order valence-corrected chi connectivity index (χ3v) is 2.41. The lowest BCUT2D eigenvalue weighted by Gasteiger charge is -2.10. The Bertz CT molecular complexity index is 497. The van der Waals surface area contributed by atoms with Crippen molar-refractivity contribution in [3.63, 3.8) is 0 Å². The topological polar surface area (TPSA) is 57.4 Å². The van der Waals surface area contributed by atoms with Gasteiger partial charge in [-0.1, -0.05) is 12.1 Å². The van der Waals surface area contributed by atoms with Crippen molar-refractivity contribution in [2.24, 2.45) is 5.73 Å². The summed E-state index contributed by atoms with van der Waals surface area (Å²) >= 11 is 0. The fraction of sp³-hybridized carbons (Fsp3) is 0.214. The highest BCUT2D eigenvalue weighted by molar-refractivity contribution is 5.37. The molecule has 2 aromatic rings. The predicted molar refractivity (Wildman–Crippen MR) is 69.8 cm³/mol. The Morgan fingerprint density at radius 3 is 2.61 bits per heavy atom. The van der Waals surface area contributed by atoms with E-state index in [-0.39, 0.29) is 0 Å². The highest BCUT2D eigenvalue weighted by Crippen LogP contribution is 2.28. The average molecular weight is 244 g/mol. The van der Waals surface area contributed by atoms with Crippen LogP contribution in [-0.2, 0) is 6.54 Å². The maximum Gasteiger partial charge on any atom is 0.262 e. The molecule has 18 heavy (non-hydrogen) atoms. The van der Waals surface area contributed by atoms with Gasteiger partial charge in [0.2, 0.25) is 0 Å². The zero-order valence-electron chi connectivity index (χ0n) is 10.3. The van der Waals surface area contributed by atoms with E-state index in [1.165, 1.54) is 0 Å². The monoisotopic (exact) mass is 244 g/mol. The molecular formula is C14H16N2O2. The number of pyridine rings is 1. The van der Waals surface area contributed by atoms with Crippen molar-refractivity contribution >= 4 is 0 Å². The molecule has 0 aliphatic rings. The number of aromatic nitrogens is 1. The zero-order chi connectivity index (χ0) is 12.8. The van der Waals surface area contributed by atoms with Crippen molar-refractivity contribution in [2.75, 3.05) is 6.61 Å². The molecule has 2 N–H and O–H groups in total. The number of nitrogens with two attached hydrogens (primary N) is 1. The molecule has 0 amide bonds. The number of benzene rings is 1. The van der Waals surface area contributed by atoms with Crippen molar-refractivity contribution in [3.05, 3.63) is 48.2 Å². The minimum absolute atomic E-state index is 0.472.